The zero-order valence-corrected chi connectivity index (χ0v) is 12.5. The van der Waals surface area contributed by atoms with Gasteiger partial charge in [-0.05, 0) is 45.4 Å². The highest BCUT2D eigenvalue weighted by Crippen LogP contribution is 2.34. The van der Waals surface area contributed by atoms with E-state index in [0.717, 1.165) is 35.6 Å². The maximum absolute atomic E-state index is 10.4. The Morgan fingerprint density at radius 3 is 2.55 bits per heavy atom. The highest BCUT2D eigenvalue weighted by Gasteiger charge is 2.34. The van der Waals surface area contributed by atoms with Gasteiger partial charge in [-0.25, -0.2) is 0 Å². The minimum Gasteiger partial charge on any atom is -0.396 e. The minimum atomic E-state index is -0.369. The number of aliphatic hydroxyl groups excluding tert-OH is 1. The third-order valence-electron chi connectivity index (χ3n) is 4.52. The fourth-order valence-electron chi connectivity index (χ4n) is 2.86. The fraction of sp³-hybridized carbons (Fsp3) is 0.800. The molecule has 5 nitrogen and oxygen atoms in total. The predicted molar refractivity (Wildman–Crippen MR) is 79.4 cm³/mol. The van der Waals surface area contributed by atoms with Crippen LogP contribution in [0.15, 0.2) is 0 Å². The zero-order chi connectivity index (χ0) is 14.3. The molecule has 1 unspecified atom stereocenters. The summed E-state index contributed by atoms with van der Waals surface area (Å²) in [6.45, 7) is 6.35. The van der Waals surface area contributed by atoms with Crippen molar-refractivity contribution < 1.29 is 5.11 Å². The molecule has 2 fully saturated rings. The first-order chi connectivity index (χ1) is 9.54. The van der Waals surface area contributed by atoms with E-state index in [1.54, 1.807) is 0 Å². The van der Waals surface area contributed by atoms with Gasteiger partial charge in [-0.3, -0.25) is 9.58 Å². The van der Waals surface area contributed by atoms with Gasteiger partial charge in [0, 0.05) is 19.1 Å². The Balaban J connectivity index is 1.57. The molecule has 0 saturated heterocycles. The molecule has 1 heterocycles. The van der Waals surface area contributed by atoms with Gasteiger partial charge in [0.25, 0.3) is 0 Å². The van der Waals surface area contributed by atoms with Crippen LogP contribution in [0, 0.1) is 19.8 Å². The summed E-state index contributed by atoms with van der Waals surface area (Å²) in [6, 6.07) is 0.718. The van der Waals surface area contributed by atoms with E-state index in [1.165, 1.54) is 32.2 Å². The van der Waals surface area contributed by atoms with E-state index in [9.17, 15) is 5.11 Å². The Kier molecular flexibility index (Phi) is 3.73. The van der Waals surface area contributed by atoms with Gasteiger partial charge in [-0.1, -0.05) is 0 Å². The molecule has 20 heavy (non-hydrogen) atoms. The van der Waals surface area contributed by atoms with Gasteiger partial charge in [0.05, 0.1) is 29.7 Å². The first kappa shape index (κ1) is 13.9. The van der Waals surface area contributed by atoms with Gasteiger partial charge in [0.15, 0.2) is 0 Å². The molecule has 2 saturated carbocycles. The molecule has 0 spiro atoms. The lowest BCUT2D eigenvalue weighted by molar-refractivity contribution is 0.0882. The molecular weight excluding hydrogens is 252 g/mol. The second-order valence-electron chi connectivity index (χ2n) is 6.55. The number of nitrogens with zero attached hydrogens (tertiary/aromatic N) is 3. The van der Waals surface area contributed by atoms with Crippen LogP contribution >= 0.6 is 0 Å². The molecule has 112 valence electrons. The monoisotopic (exact) mass is 278 g/mol. The number of hydrogen-bond donors (Lipinski definition) is 2. The highest BCUT2D eigenvalue weighted by atomic mass is 16.3. The van der Waals surface area contributed by atoms with E-state index < -0.39 is 0 Å². The van der Waals surface area contributed by atoms with E-state index in [0.29, 0.717) is 6.54 Å². The number of anilines is 1. The van der Waals surface area contributed by atoms with Crippen molar-refractivity contribution in [1.82, 2.24) is 14.7 Å². The van der Waals surface area contributed by atoms with Crippen LogP contribution in [0.3, 0.4) is 0 Å². The summed E-state index contributed by atoms with van der Waals surface area (Å²) in [4.78, 5) is 2.48. The van der Waals surface area contributed by atoms with Crippen LogP contribution in [-0.2, 0) is 6.54 Å². The first-order valence-electron chi connectivity index (χ1n) is 7.76. The van der Waals surface area contributed by atoms with Crippen molar-refractivity contribution in [1.29, 1.82) is 0 Å². The molecule has 0 aliphatic heterocycles. The van der Waals surface area contributed by atoms with Crippen molar-refractivity contribution in [2.45, 2.75) is 58.2 Å². The molecule has 0 aromatic carbocycles. The molecule has 2 aliphatic carbocycles. The number of aromatic nitrogens is 2. The second-order valence-corrected chi connectivity index (χ2v) is 6.55. The van der Waals surface area contributed by atoms with Gasteiger partial charge >= 0.3 is 0 Å². The Labute approximate surface area is 120 Å². The van der Waals surface area contributed by atoms with E-state index >= 15 is 0 Å². The molecule has 1 aromatic rings. The van der Waals surface area contributed by atoms with Crippen LogP contribution in [0.25, 0.3) is 0 Å². The molecular formula is C15H26N4O. The van der Waals surface area contributed by atoms with E-state index in [2.05, 4.69) is 10.00 Å². The Morgan fingerprint density at radius 1 is 1.35 bits per heavy atom. The van der Waals surface area contributed by atoms with Crippen LogP contribution in [-0.4, -0.2) is 45.0 Å². The number of aryl methyl sites for hydroxylation is 1. The molecule has 0 bridgehead atoms. The summed E-state index contributed by atoms with van der Waals surface area (Å²) < 4.78 is 1.84. The quantitative estimate of drug-likeness (QED) is 0.789. The summed E-state index contributed by atoms with van der Waals surface area (Å²) in [5.41, 5.74) is 8.49. The number of nitrogen functional groups attached to an aromatic ring is 1. The maximum Gasteiger partial charge on any atom is 0.0862 e. The average molecular weight is 278 g/mol. The molecule has 0 amide bonds. The lowest BCUT2D eigenvalue weighted by Crippen LogP contribution is -2.37. The smallest absolute Gasteiger partial charge is 0.0862 e. The lowest BCUT2D eigenvalue weighted by Gasteiger charge is -2.25. The minimum absolute atomic E-state index is 0.369. The summed E-state index contributed by atoms with van der Waals surface area (Å²) in [7, 11) is 0. The van der Waals surface area contributed by atoms with Crippen LogP contribution in [0.4, 0.5) is 5.69 Å². The Bertz CT molecular complexity index is 476. The molecule has 2 aliphatic rings. The summed E-state index contributed by atoms with van der Waals surface area (Å²) in [5, 5.41) is 14.8. The molecule has 5 heteroatoms. The normalized spacial score (nSPS) is 20.6. The van der Waals surface area contributed by atoms with Crippen molar-refractivity contribution in [2.75, 3.05) is 18.8 Å². The SMILES string of the molecule is Cc1nn(CC(O)CN(CC2CC2)C2CC2)c(C)c1N. The van der Waals surface area contributed by atoms with E-state index in [1.807, 2.05) is 18.5 Å². The Hall–Kier alpha value is -1.07. The number of rotatable bonds is 7. The second kappa shape index (κ2) is 5.37. The van der Waals surface area contributed by atoms with E-state index in [4.69, 9.17) is 5.73 Å². The van der Waals surface area contributed by atoms with Gasteiger partial charge < -0.3 is 10.8 Å². The van der Waals surface area contributed by atoms with Crippen molar-refractivity contribution >= 4 is 5.69 Å². The van der Waals surface area contributed by atoms with Crippen LogP contribution in [0.1, 0.15) is 37.1 Å². The number of aliphatic hydroxyl groups is 1. The Morgan fingerprint density at radius 2 is 2.05 bits per heavy atom. The number of hydrogen-bond acceptors (Lipinski definition) is 4. The fourth-order valence-corrected chi connectivity index (χ4v) is 2.86. The molecule has 3 rings (SSSR count). The van der Waals surface area contributed by atoms with Gasteiger partial charge in [-0.2, -0.15) is 5.10 Å². The summed E-state index contributed by atoms with van der Waals surface area (Å²) in [6.07, 6.45) is 4.96. The largest absolute Gasteiger partial charge is 0.396 e. The van der Waals surface area contributed by atoms with Crippen LogP contribution < -0.4 is 5.73 Å². The molecule has 1 aromatic heterocycles. The van der Waals surface area contributed by atoms with Gasteiger partial charge in [0.1, 0.15) is 0 Å². The number of nitrogens with two attached hydrogens (primary N) is 1. The average Bonchev–Trinajstić information content (AvgIpc) is 3.26. The van der Waals surface area contributed by atoms with Gasteiger partial charge in [0.2, 0.25) is 0 Å². The maximum atomic E-state index is 10.4. The highest BCUT2D eigenvalue weighted by molar-refractivity contribution is 5.46. The van der Waals surface area contributed by atoms with E-state index in [-0.39, 0.29) is 6.10 Å². The first-order valence-corrected chi connectivity index (χ1v) is 7.76. The standard InChI is InChI=1S/C15H26N4O/c1-10-15(16)11(2)19(17-10)9-14(20)8-18(13-5-6-13)7-12-3-4-12/h12-14,20H,3-9,16H2,1-2H3. The van der Waals surface area contributed by atoms with Crippen LogP contribution in [0.2, 0.25) is 0 Å². The van der Waals surface area contributed by atoms with Crippen molar-refractivity contribution in [3.8, 4) is 0 Å². The predicted octanol–water partition coefficient (Wildman–Crippen LogP) is 1.32. The third-order valence-corrected chi connectivity index (χ3v) is 4.52. The lowest BCUT2D eigenvalue weighted by atomic mass is 10.2. The molecule has 1 atom stereocenters. The topological polar surface area (TPSA) is 67.3 Å². The van der Waals surface area contributed by atoms with Crippen LogP contribution in [0.5, 0.6) is 0 Å². The van der Waals surface area contributed by atoms with Crippen molar-refractivity contribution in [3.05, 3.63) is 11.4 Å². The van der Waals surface area contributed by atoms with Gasteiger partial charge in [-0.15, -0.1) is 0 Å². The molecule has 0 radical (unpaired) electrons. The van der Waals surface area contributed by atoms with Crippen molar-refractivity contribution in [3.63, 3.8) is 0 Å². The zero-order valence-electron chi connectivity index (χ0n) is 12.5. The summed E-state index contributed by atoms with van der Waals surface area (Å²) in [5.74, 6) is 0.882. The van der Waals surface area contributed by atoms with Crippen molar-refractivity contribution in [2.24, 2.45) is 5.92 Å². The summed E-state index contributed by atoms with van der Waals surface area (Å²) >= 11 is 0. The molecule has 3 N–H and O–H groups in total. The third kappa shape index (κ3) is 3.15.